The van der Waals surface area contributed by atoms with Crippen molar-refractivity contribution in [3.05, 3.63) is 34.0 Å². The first kappa shape index (κ1) is 16.4. The van der Waals surface area contributed by atoms with Gasteiger partial charge < -0.3 is 10.4 Å². The number of hydrogen-bond donors (Lipinski definition) is 3. The Balaban J connectivity index is 2.11. The zero-order valence-corrected chi connectivity index (χ0v) is 12.3. The van der Waals surface area contributed by atoms with Gasteiger partial charge in [0.1, 0.15) is 5.01 Å². The van der Waals surface area contributed by atoms with Crippen LogP contribution in [0.15, 0.2) is 17.6 Å². The molecule has 0 saturated carbocycles. The van der Waals surface area contributed by atoms with E-state index in [-0.39, 0.29) is 6.54 Å². The van der Waals surface area contributed by atoms with E-state index in [1.807, 2.05) is 0 Å². The molecule has 1 amide bonds. The average molecular weight is 334 g/mol. The van der Waals surface area contributed by atoms with E-state index in [9.17, 15) is 23.1 Å². The summed E-state index contributed by atoms with van der Waals surface area (Å²) in [5.74, 6) is -0.942. The number of rotatable bonds is 5. The first-order valence-corrected chi connectivity index (χ1v) is 7.07. The van der Waals surface area contributed by atoms with Gasteiger partial charge >= 0.3 is 6.18 Å². The first-order valence-electron chi connectivity index (χ1n) is 6.19. The zero-order chi connectivity index (χ0) is 16.4. The summed E-state index contributed by atoms with van der Waals surface area (Å²) in [5, 5.41) is 19.3. The quantitative estimate of drug-likeness (QED) is 0.775. The lowest BCUT2D eigenvalue weighted by Crippen LogP contribution is -2.46. The SMILES string of the molecule is Cc1csc([C@@](O)(CC(=O)NCc2ccn[nH]2)C(F)(F)F)n1. The van der Waals surface area contributed by atoms with E-state index in [1.54, 1.807) is 6.07 Å². The summed E-state index contributed by atoms with van der Waals surface area (Å²) in [7, 11) is 0. The minimum Gasteiger partial charge on any atom is -0.374 e. The summed E-state index contributed by atoms with van der Waals surface area (Å²) in [4.78, 5) is 15.4. The molecular formula is C12H13F3N4O2S. The molecule has 0 aliphatic rings. The van der Waals surface area contributed by atoms with Gasteiger partial charge in [-0.1, -0.05) is 0 Å². The molecule has 2 rings (SSSR count). The smallest absolute Gasteiger partial charge is 0.374 e. The molecule has 2 aromatic heterocycles. The third-order valence-corrected chi connectivity index (χ3v) is 4.00. The lowest BCUT2D eigenvalue weighted by molar-refractivity contribution is -0.267. The predicted molar refractivity (Wildman–Crippen MR) is 71.9 cm³/mol. The molecule has 0 fully saturated rings. The van der Waals surface area contributed by atoms with Gasteiger partial charge in [-0.15, -0.1) is 11.3 Å². The predicted octanol–water partition coefficient (Wildman–Crippen LogP) is 1.63. The van der Waals surface area contributed by atoms with E-state index in [1.165, 1.54) is 18.5 Å². The number of aliphatic hydroxyl groups is 1. The van der Waals surface area contributed by atoms with Gasteiger partial charge in [0.15, 0.2) is 0 Å². The van der Waals surface area contributed by atoms with Crippen molar-refractivity contribution in [2.45, 2.75) is 31.7 Å². The molecule has 3 N–H and O–H groups in total. The third kappa shape index (κ3) is 3.45. The second-order valence-corrected chi connectivity index (χ2v) is 5.55. The summed E-state index contributed by atoms with van der Waals surface area (Å²) in [5.41, 5.74) is -2.42. The standard InChI is InChI=1S/C12H13F3N4O2S/c1-7-6-22-10(18-7)11(21,12(13,14)15)4-9(20)16-5-8-2-3-17-19-8/h2-3,6,21H,4-5H2,1H3,(H,16,20)(H,17,19)/t11-/m0/s1. The summed E-state index contributed by atoms with van der Waals surface area (Å²) in [6.45, 7) is 1.50. The maximum absolute atomic E-state index is 13.2. The zero-order valence-electron chi connectivity index (χ0n) is 11.4. The lowest BCUT2D eigenvalue weighted by Gasteiger charge is -2.27. The summed E-state index contributed by atoms with van der Waals surface area (Å²) >= 11 is 0.664. The van der Waals surface area contributed by atoms with Crippen LogP contribution in [0.1, 0.15) is 22.8 Å². The van der Waals surface area contributed by atoms with E-state index in [2.05, 4.69) is 20.5 Å². The second-order valence-electron chi connectivity index (χ2n) is 4.69. The van der Waals surface area contributed by atoms with Gasteiger partial charge in [-0.05, 0) is 13.0 Å². The molecule has 0 unspecified atom stereocenters. The van der Waals surface area contributed by atoms with Crippen LogP contribution in [-0.4, -0.2) is 32.4 Å². The number of aryl methyl sites for hydroxylation is 1. The molecule has 22 heavy (non-hydrogen) atoms. The molecule has 0 saturated heterocycles. The Kier molecular flexibility index (Phi) is 4.52. The van der Waals surface area contributed by atoms with Crippen LogP contribution < -0.4 is 5.32 Å². The minimum absolute atomic E-state index is 0.0103. The number of alkyl halides is 3. The van der Waals surface area contributed by atoms with Crippen LogP contribution in [0.3, 0.4) is 0 Å². The highest BCUT2D eigenvalue weighted by Crippen LogP contribution is 2.42. The van der Waals surface area contributed by atoms with Gasteiger partial charge in [0, 0.05) is 17.3 Å². The average Bonchev–Trinajstić information content (AvgIpc) is 3.06. The van der Waals surface area contributed by atoms with Gasteiger partial charge in [-0.2, -0.15) is 18.3 Å². The van der Waals surface area contributed by atoms with Crippen molar-refractivity contribution < 1.29 is 23.1 Å². The van der Waals surface area contributed by atoms with Crippen molar-refractivity contribution in [2.24, 2.45) is 0 Å². The lowest BCUT2D eigenvalue weighted by atomic mass is 9.99. The van der Waals surface area contributed by atoms with Gasteiger partial charge in [-0.25, -0.2) is 4.98 Å². The van der Waals surface area contributed by atoms with Crippen LogP contribution in [0.5, 0.6) is 0 Å². The van der Waals surface area contributed by atoms with Crippen molar-refractivity contribution in [3.8, 4) is 0 Å². The van der Waals surface area contributed by atoms with E-state index < -0.39 is 29.1 Å². The van der Waals surface area contributed by atoms with E-state index in [0.29, 0.717) is 22.7 Å². The number of nitrogens with zero attached hydrogens (tertiary/aromatic N) is 2. The highest BCUT2D eigenvalue weighted by atomic mass is 32.1. The number of carbonyl (C=O) groups is 1. The fourth-order valence-corrected chi connectivity index (χ4v) is 2.63. The fourth-order valence-electron chi connectivity index (χ4n) is 1.71. The third-order valence-electron chi connectivity index (χ3n) is 2.89. The molecular weight excluding hydrogens is 321 g/mol. The van der Waals surface area contributed by atoms with Crippen molar-refractivity contribution >= 4 is 17.2 Å². The van der Waals surface area contributed by atoms with Crippen molar-refractivity contribution in [1.29, 1.82) is 0 Å². The van der Waals surface area contributed by atoms with Gasteiger partial charge in [0.2, 0.25) is 11.5 Å². The highest BCUT2D eigenvalue weighted by Gasteiger charge is 2.58. The molecule has 0 radical (unpaired) electrons. The maximum atomic E-state index is 13.2. The van der Waals surface area contributed by atoms with Crippen LogP contribution >= 0.6 is 11.3 Å². The Morgan fingerprint density at radius 3 is 2.73 bits per heavy atom. The van der Waals surface area contributed by atoms with Crippen LogP contribution in [-0.2, 0) is 16.9 Å². The number of halogens is 3. The van der Waals surface area contributed by atoms with Crippen molar-refractivity contribution in [3.63, 3.8) is 0 Å². The van der Waals surface area contributed by atoms with E-state index in [4.69, 9.17) is 0 Å². The molecule has 0 bridgehead atoms. The van der Waals surface area contributed by atoms with E-state index >= 15 is 0 Å². The summed E-state index contributed by atoms with van der Waals surface area (Å²) in [6.07, 6.45) is -4.72. The Bertz CT molecular complexity index is 641. The largest absolute Gasteiger partial charge is 0.424 e. The number of carbonyl (C=O) groups excluding carboxylic acids is 1. The number of H-pyrrole nitrogens is 1. The number of thiazole rings is 1. The Labute approximate surface area is 127 Å². The number of nitrogens with one attached hydrogen (secondary N) is 2. The molecule has 0 aromatic carbocycles. The topological polar surface area (TPSA) is 90.9 Å². The maximum Gasteiger partial charge on any atom is 0.424 e. The number of aromatic nitrogens is 3. The number of aromatic amines is 1. The normalized spacial score (nSPS) is 14.6. The first-order chi connectivity index (χ1) is 10.2. The fraction of sp³-hybridized carbons (Fsp3) is 0.417. The summed E-state index contributed by atoms with van der Waals surface area (Å²) in [6, 6.07) is 1.57. The van der Waals surface area contributed by atoms with Crippen LogP contribution in [0, 0.1) is 6.92 Å². The number of hydrogen-bond acceptors (Lipinski definition) is 5. The highest BCUT2D eigenvalue weighted by molar-refractivity contribution is 7.09. The molecule has 2 heterocycles. The van der Waals surface area contributed by atoms with Gasteiger partial charge in [0.05, 0.1) is 18.7 Å². The Morgan fingerprint density at radius 2 is 2.23 bits per heavy atom. The number of amides is 1. The minimum atomic E-state index is -5.01. The molecule has 0 spiro atoms. The van der Waals surface area contributed by atoms with Gasteiger partial charge in [-0.3, -0.25) is 9.89 Å². The molecule has 120 valence electrons. The molecule has 1 atom stereocenters. The Hall–Kier alpha value is -1.94. The second kappa shape index (κ2) is 6.05. The molecule has 0 aliphatic heterocycles. The van der Waals surface area contributed by atoms with Crippen molar-refractivity contribution in [2.75, 3.05) is 0 Å². The van der Waals surface area contributed by atoms with Crippen LogP contribution in [0.4, 0.5) is 13.2 Å². The monoisotopic (exact) mass is 334 g/mol. The van der Waals surface area contributed by atoms with Gasteiger partial charge in [0.25, 0.3) is 0 Å². The molecule has 0 aliphatic carbocycles. The van der Waals surface area contributed by atoms with Crippen molar-refractivity contribution in [1.82, 2.24) is 20.5 Å². The summed E-state index contributed by atoms with van der Waals surface area (Å²) < 4.78 is 39.6. The Morgan fingerprint density at radius 1 is 1.50 bits per heavy atom. The molecule has 10 heteroatoms. The van der Waals surface area contributed by atoms with Crippen LogP contribution in [0.2, 0.25) is 0 Å². The van der Waals surface area contributed by atoms with Crippen LogP contribution in [0.25, 0.3) is 0 Å². The van der Waals surface area contributed by atoms with E-state index in [0.717, 1.165) is 0 Å². The molecule has 6 nitrogen and oxygen atoms in total. The molecule has 2 aromatic rings.